The number of hydrogen-bond donors (Lipinski definition) is 0. The molecule has 4 rings (SSSR count). The second kappa shape index (κ2) is 9.60. The predicted octanol–water partition coefficient (Wildman–Crippen LogP) is 4.30. The molecule has 31 heavy (non-hydrogen) atoms. The summed E-state index contributed by atoms with van der Waals surface area (Å²) in [6, 6.07) is 13.5. The predicted molar refractivity (Wildman–Crippen MR) is 124 cm³/mol. The molecule has 1 aliphatic heterocycles. The molecule has 1 atom stereocenters. The lowest BCUT2D eigenvalue weighted by Crippen LogP contribution is -2.35. The van der Waals surface area contributed by atoms with E-state index in [1.54, 1.807) is 11.2 Å². The maximum atomic E-state index is 13.0. The first-order valence-electron chi connectivity index (χ1n) is 10.7. The van der Waals surface area contributed by atoms with E-state index >= 15 is 0 Å². The molecule has 1 aromatic carbocycles. The summed E-state index contributed by atoms with van der Waals surface area (Å²) in [6.07, 6.45) is 3.97. The lowest BCUT2D eigenvalue weighted by atomic mass is 10.00. The molecule has 1 unspecified atom stereocenters. The van der Waals surface area contributed by atoms with Crippen molar-refractivity contribution in [2.24, 2.45) is 5.92 Å². The summed E-state index contributed by atoms with van der Waals surface area (Å²) in [5, 5.41) is 9.40. The third-order valence-electron chi connectivity index (χ3n) is 5.76. The van der Waals surface area contributed by atoms with Gasteiger partial charge in [-0.05, 0) is 49.9 Å². The van der Waals surface area contributed by atoms with Gasteiger partial charge in [0.05, 0.1) is 18.1 Å². The normalized spacial score (nSPS) is 15.8. The van der Waals surface area contributed by atoms with Gasteiger partial charge in [-0.3, -0.25) is 9.36 Å². The van der Waals surface area contributed by atoms with Crippen molar-refractivity contribution in [3.8, 4) is 0 Å². The largest absolute Gasteiger partial charge is 0.467 e. The van der Waals surface area contributed by atoms with E-state index in [1.807, 2.05) is 56.4 Å². The summed E-state index contributed by atoms with van der Waals surface area (Å²) in [5.74, 6) is 2.45. The van der Waals surface area contributed by atoms with Crippen LogP contribution in [0, 0.1) is 5.92 Å². The van der Waals surface area contributed by atoms with Crippen LogP contribution in [0.1, 0.15) is 32.4 Å². The fourth-order valence-corrected chi connectivity index (χ4v) is 4.70. The zero-order valence-corrected chi connectivity index (χ0v) is 19.1. The molecule has 0 spiro atoms. The van der Waals surface area contributed by atoms with Gasteiger partial charge in [0.25, 0.3) is 0 Å². The van der Waals surface area contributed by atoms with Gasteiger partial charge in [0, 0.05) is 25.8 Å². The zero-order chi connectivity index (χ0) is 21.8. The SMILES string of the molecule is CC1CCN(c2nnc(SC(C)C(=O)N(C)c3ccccc3)n2Cc2ccco2)CC1. The van der Waals surface area contributed by atoms with Crippen molar-refractivity contribution in [2.75, 3.05) is 29.9 Å². The Hall–Kier alpha value is -2.74. The Morgan fingerprint density at radius 3 is 2.61 bits per heavy atom. The molecule has 2 aromatic heterocycles. The molecule has 0 bridgehead atoms. The van der Waals surface area contributed by atoms with Crippen LogP contribution in [0.15, 0.2) is 58.3 Å². The molecule has 164 valence electrons. The first-order chi connectivity index (χ1) is 15.0. The molecular weight excluding hydrogens is 410 g/mol. The van der Waals surface area contributed by atoms with E-state index in [0.717, 1.165) is 54.4 Å². The third kappa shape index (κ3) is 4.95. The van der Waals surface area contributed by atoms with Crippen molar-refractivity contribution in [2.45, 2.75) is 43.6 Å². The van der Waals surface area contributed by atoms with E-state index in [2.05, 4.69) is 26.6 Å². The van der Waals surface area contributed by atoms with E-state index in [1.165, 1.54) is 11.8 Å². The number of hydrogen-bond acceptors (Lipinski definition) is 6. The van der Waals surface area contributed by atoms with Gasteiger partial charge in [-0.1, -0.05) is 36.9 Å². The van der Waals surface area contributed by atoms with E-state index in [-0.39, 0.29) is 11.2 Å². The van der Waals surface area contributed by atoms with Crippen molar-refractivity contribution in [1.82, 2.24) is 14.8 Å². The van der Waals surface area contributed by atoms with E-state index < -0.39 is 0 Å². The molecule has 1 aliphatic rings. The number of carbonyl (C=O) groups excluding carboxylic acids is 1. The van der Waals surface area contributed by atoms with Gasteiger partial charge < -0.3 is 14.2 Å². The number of piperidine rings is 1. The number of furan rings is 1. The third-order valence-corrected chi connectivity index (χ3v) is 6.83. The molecule has 1 fully saturated rings. The number of benzene rings is 1. The number of thioether (sulfide) groups is 1. The van der Waals surface area contributed by atoms with Crippen LogP contribution >= 0.6 is 11.8 Å². The van der Waals surface area contributed by atoms with Crippen LogP contribution < -0.4 is 9.80 Å². The Morgan fingerprint density at radius 1 is 1.19 bits per heavy atom. The summed E-state index contributed by atoms with van der Waals surface area (Å²) in [6.45, 7) is 6.68. The Balaban J connectivity index is 1.54. The lowest BCUT2D eigenvalue weighted by molar-refractivity contribution is -0.117. The first-order valence-corrected chi connectivity index (χ1v) is 11.6. The summed E-state index contributed by atoms with van der Waals surface area (Å²) >= 11 is 1.44. The highest BCUT2D eigenvalue weighted by Gasteiger charge is 2.27. The molecule has 7 nitrogen and oxygen atoms in total. The summed E-state index contributed by atoms with van der Waals surface area (Å²) < 4.78 is 7.67. The minimum Gasteiger partial charge on any atom is -0.467 e. The summed E-state index contributed by atoms with van der Waals surface area (Å²) in [5.41, 5.74) is 0.875. The Morgan fingerprint density at radius 2 is 1.94 bits per heavy atom. The van der Waals surface area contributed by atoms with Crippen LogP contribution in [0.4, 0.5) is 11.6 Å². The monoisotopic (exact) mass is 439 g/mol. The molecule has 0 N–H and O–H groups in total. The van der Waals surface area contributed by atoms with Gasteiger partial charge in [-0.25, -0.2) is 0 Å². The van der Waals surface area contributed by atoms with Gasteiger partial charge in [0.2, 0.25) is 11.9 Å². The number of rotatable bonds is 7. The molecule has 0 aliphatic carbocycles. The molecule has 1 saturated heterocycles. The number of aromatic nitrogens is 3. The number of para-hydroxylation sites is 1. The highest BCUT2D eigenvalue weighted by molar-refractivity contribution is 8.00. The van der Waals surface area contributed by atoms with Crippen LogP contribution in [0.25, 0.3) is 0 Å². The van der Waals surface area contributed by atoms with Crippen LogP contribution in [-0.4, -0.2) is 46.1 Å². The zero-order valence-electron chi connectivity index (χ0n) is 18.3. The van der Waals surface area contributed by atoms with Crippen molar-refractivity contribution in [3.63, 3.8) is 0 Å². The summed E-state index contributed by atoms with van der Waals surface area (Å²) in [4.78, 5) is 17.0. The van der Waals surface area contributed by atoms with E-state index in [4.69, 9.17) is 4.42 Å². The average molecular weight is 440 g/mol. The standard InChI is InChI=1S/C23H29N5O2S/c1-17-11-13-27(14-12-17)22-24-25-23(28(22)16-20-10-7-15-30-20)31-18(2)21(29)26(3)19-8-5-4-6-9-19/h4-10,15,17-18H,11-14,16H2,1-3H3. The highest BCUT2D eigenvalue weighted by atomic mass is 32.2. The van der Waals surface area contributed by atoms with Crippen molar-refractivity contribution in [3.05, 3.63) is 54.5 Å². The maximum absolute atomic E-state index is 13.0. The van der Waals surface area contributed by atoms with Crippen LogP contribution in [0.3, 0.4) is 0 Å². The second-order valence-electron chi connectivity index (χ2n) is 8.11. The fourth-order valence-electron chi connectivity index (χ4n) is 3.77. The highest BCUT2D eigenvalue weighted by Crippen LogP contribution is 2.30. The molecule has 3 heterocycles. The van der Waals surface area contributed by atoms with Crippen molar-refractivity contribution in [1.29, 1.82) is 0 Å². The number of carbonyl (C=O) groups is 1. The molecule has 1 amide bonds. The van der Waals surface area contributed by atoms with Gasteiger partial charge in [0.15, 0.2) is 5.16 Å². The van der Waals surface area contributed by atoms with Crippen LogP contribution in [0.2, 0.25) is 0 Å². The lowest BCUT2D eigenvalue weighted by Gasteiger charge is -2.31. The van der Waals surface area contributed by atoms with E-state index in [9.17, 15) is 4.79 Å². The molecule has 3 aromatic rings. The summed E-state index contributed by atoms with van der Waals surface area (Å²) in [7, 11) is 1.81. The molecule has 0 saturated carbocycles. The minimum atomic E-state index is -0.306. The maximum Gasteiger partial charge on any atom is 0.240 e. The van der Waals surface area contributed by atoms with Gasteiger partial charge in [-0.2, -0.15) is 0 Å². The molecule has 0 radical (unpaired) electrons. The average Bonchev–Trinajstić information content (AvgIpc) is 3.45. The molecule has 8 heteroatoms. The van der Waals surface area contributed by atoms with Gasteiger partial charge in [0.1, 0.15) is 5.76 Å². The number of amides is 1. The van der Waals surface area contributed by atoms with Crippen LogP contribution in [0.5, 0.6) is 0 Å². The Labute approximate surface area is 187 Å². The topological polar surface area (TPSA) is 67.4 Å². The fraction of sp³-hybridized carbons (Fsp3) is 0.435. The molecular formula is C23H29N5O2S. The first kappa shape index (κ1) is 21.5. The van der Waals surface area contributed by atoms with Gasteiger partial charge >= 0.3 is 0 Å². The minimum absolute atomic E-state index is 0.0251. The Kier molecular flexibility index (Phi) is 6.65. The van der Waals surface area contributed by atoms with Crippen LogP contribution in [-0.2, 0) is 11.3 Å². The van der Waals surface area contributed by atoms with Gasteiger partial charge in [-0.15, -0.1) is 10.2 Å². The second-order valence-corrected chi connectivity index (χ2v) is 9.42. The Bertz CT molecular complexity index is 981. The van der Waals surface area contributed by atoms with Crippen molar-refractivity contribution >= 4 is 29.3 Å². The van der Waals surface area contributed by atoms with Crippen molar-refractivity contribution < 1.29 is 9.21 Å². The number of anilines is 2. The van der Waals surface area contributed by atoms with E-state index in [0.29, 0.717) is 6.54 Å². The number of nitrogens with zero attached hydrogens (tertiary/aromatic N) is 5. The smallest absolute Gasteiger partial charge is 0.240 e. The quantitative estimate of drug-likeness (QED) is 0.512.